The lowest BCUT2D eigenvalue weighted by Gasteiger charge is -2.48. The molecule has 4 unspecified atom stereocenters. The lowest BCUT2D eigenvalue weighted by Crippen LogP contribution is -2.60. The van der Waals surface area contributed by atoms with Crippen LogP contribution in [0.25, 0.3) is 0 Å². The van der Waals surface area contributed by atoms with Crippen molar-refractivity contribution in [2.24, 2.45) is 5.92 Å². The summed E-state index contributed by atoms with van der Waals surface area (Å²) in [6.07, 6.45) is 5.48. The Morgan fingerprint density at radius 1 is 1.38 bits per heavy atom. The van der Waals surface area contributed by atoms with Gasteiger partial charge in [-0.15, -0.1) is 0 Å². The predicted octanol–water partition coefficient (Wildman–Crippen LogP) is 3.04. The van der Waals surface area contributed by atoms with Crippen molar-refractivity contribution in [2.75, 3.05) is 13.1 Å². The van der Waals surface area contributed by atoms with E-state index in [1.807, 2.05) is 24.3 Å². The molecule has 3 aliphatic rings. The van der Waals surface area contributed by atoms with Crippen molar-refractivity contribution in [3.8, 4) is 0 Å². The summed E-state index contributed by atoms with van der Waals surface area (Å²) in [5.74, 6) is 0.646. The molecule has 1 aromatic heterocycles. The van der Waals surface area contributed by atoms with Crippen LogP contribution in [0, 0.1) is 5.92 Å². The third kappa shape index (κ3) is 3.21. The van der Waals surface area contributed by atoms with Gasteiger partial charge in [-0.05, 0) is 56.5 Å². The van der Waals surface area contributed by atoms with Gasteiger partial charge in [0.2, 0.25) is 0 Å². The summed E-state index contributed by atoms with van der Waals surface area (Å²) in [5, 5.41) is 3.98. The molecule has 0 spiro atoms. The largest absolute Gasteiger partial charge is 0.437 e. The van der Waals surface area contributed by atoms with Crippen LogP contribution in [0.15, 0.2) is 51.3 Å². The number of carbonyl (C=O) groups excluding carboxylic acids is 1. The first-order chi connectivity index (χ1) is 11.7. The van der Waals surface area contributed by atoms with E-state index in [4.69, 9.17) is 4.42 Å². The average Bonchev–Trinajstić information content (AvgIpc) is 3.09. The second-order valence-corrected chi connectivity index (χ2v) is 7.73. The molecule has 1 aromatic carbocycles. The van der Waals surface area contributed by atoms with Crippen molar-refractivity contribution in [1.29, 1.82) is 0 Å². The SMILES string of the molecule is CC1CC2CCN1CC2NC(=O)c1ccc(Sc2cnco2)cc1. The molecule has 4 heterocycles. The normalized spacial score (nSPS) is 28.7. The Kier molecular flexibility index (Phi) is 4.33. The van der Waals surface area contributed by atoms with Crippen LogP contribution in [0.3, 0.4) is 0 Å². The van der Waals surface area contributed by atoms with E-state index in [0.717, 1.165) is 16.5 Å². The van der Waals surface area contributed by atoms with Gasteiger partial charge in [0.1, 0.15) is 0 Å². The number of amides is 1. The molecule has 6 heteroatoms. The van der Waals surface area contributed by atoms with Gasteiger partial charge < -0.3 is 9.73 Å². The molecule has 126 valence electrons. The van der Waals surface area contributed by atoms with Crippen LogP contribution in [0.5, 0.6) is 0 Å². The smallest absolute Gasteiger partial charge is 0.251 e. The molecule has 5 nitrogen and oxygen atoms in total. The zero-order chi connectivity index (χ0) is 16.5. The van der Waals surface area contributed by atoms with Gasteiger partial charge in [0, 0.05) is 29.1 Å². The summed E-state index contributed by atoms with van der Waals surface area (Å²) >= 11 is 1.49. The number of aromatic nitrogens is 1. The van der Waals surface area contributed by atoms with E-state index >= 15 is 0 Å². The zero-order valence-corrected chi connectivity index (χ0v) is 14.5. The summed E-state index contributed by atoms with van der Waals surface area (Å²) < 4.78 is 5.22. The third-order valence-corrected chi connectivity index (χ3v) is 6.03. The number of nitrogens with zero attached hydrogens (tertiary/aromatic N) is 2. The summed E-state index contributed by atoms with van der Waals surface area (Å²) in [4.78, 5) is 19.9. The number of benzene rings is 1. The van der Waals surface area contributed by atoms with Gasteiger partial charge in [0.25, 0.3) is 5.91 Å². The van der Waals surface area contributed by atoms with Crippen LogP contribution in [-0.4, -0.2) is 41.0 Å². The van der Waals surface area contributed by atoms with Gasteiger partial charge in [-0.2, -0.15) is 0 Å². The van der Waals surface area contributed by atoms with Gasteiger partial charge >= 0.3 is 0 Å². The third-order valence-electron chi connectivity index (χ3n) is 5.12. The summed E-state index contributed by atoms with van der Waals surface area (Å²) in [7, 11) is 0. The Morgan fingerprint density at radius 2 is 2.21 bits per heavy atom. The molecule has 1 amide bonds. The van der Waals surface area contributed by atoms with Gasteiger partial charge in [0.05, 0.1) is 6.20 Å². The maximum atomic E-state index is 12.5. The number of fused-ring (bicyclic) bond motifs is 3. The van der Waals surface area contributed by atoms with Crippen molar-refractivity contribution < 1.29 is 9.21 Å². The fraction of sp³-hybridized carbons (Fsp3) is 0.444. The standard InChI is InChI=1S/C18H21N3O2S/c1-12-8-14-6-7-21(12)10-16(14)20-18(22)13-2-4-15(5-3-13)24-17-9-19-11-23-17/h2-5,9,11-12,14,16H,6-8,10H2,1H3,(H,20,22). The van der Waals surface area contributed by atoms with Gasteiger partial charge in [-0.3, -0.25) is 9.69 Å². The highest BCUT2D eigenvalue weighted by Crippen LogP contribution is 2.32. The Balaban J connectivity index is 1.38. The Morgan fingerprint density at radius 3 is 2.83 bits per heavy atom. The maximum absolute atomic E-state index is 12.5. The van der Waals surface area contributed by atoms with Crippen molar-refractivity contribution in [2.45, 2.75) is 41.8 Å². The fourth-order valence-corrected chi connectivity index (χ4v) is 4.46. The number of hydrogen-bond donors (Lipinski definition) is 1. The minimum absolute atomic E-state index is 0.0256. The number of rotatable bonds is 4. The van der Waals surface area contributed by atoms with E-state index in [1.165, 1.54) is 37.5 Å². The van der Waals surface area contributed by atoms with Crippen LogP contribution in [0.4, 0.5) is 0 Å². The molecule has 3 saturated heterocycles. The first-order valence-electron chi connectivity index (χ1n) is 8.40. The van der Waals surface area contributed by atoms with Crippen molar-refractivity contribution in [1.82, 2.24) is 15.2 Å². The van der Waals surface area contributed by atoms with Crippen molar-refractivity contribution in [3.05, 3.63) is 42.4 Å². The first kappa shape index (κ1) is 15.7. The molecule has 2 aromatic rings. The average molecular weight is 343 g/mol. The summed E-state index contributed by atoms with van der Waals surface area (Å²) in [6, 6.07) is 8.58. The quantitative estimate of drug-likeness (QED) is 0.925. The molecular weight excluding hydrogens is 322 g/mol. The molecule has 4 atom stereocenters. The molecule has 0 saturated carbocycles. The van der Waals surface area contributed by atoms with Crippen LogP contribution < -0.4 is 5.32 Å². The maximum Gasteiger partial charge on any atom is 0.251 e. The van der Waals surface area contributed by atoms with E-state index in [0.29, 0.717) is 17.5 Å². The predicted molar refractivity (Wildman–Crippen MR) is 92.1 cm³/mol. The van der Waals surface area contributed by atoms with Gasteiger partial charge in [-0.1, -0.05) is 11.8 Å². The van der Waals surface area contributed by atoms with E-state index in [9.17, 15) is 4.79 Å². The van der Waals surface area contributed by atoms with E-state index in [1.54, 1.807) is 6.20 Å². The second-order valence-electron chi connectivity index (χ2n) is 6.66. The lowest BCUT2D eigenvalue weighted by atomic mass is 9.80. The number of nitrogens with one attached hydrogen (secondary N) is 1. The van der Waals surface area contributed by atoms with E-state index in [2.05, 4.69) is 22.1 Å². The highest BCUT2D eigenvalue weighted by molar-refractivity contribution is 7.99. The van der Waals surface area contributed by atoms with Crippen molar-refractivity contribution in [3.63, 3.8) is 0 Å². The number of piperidine rings is 3. The molecular formula is C18H21N3O2S. The van der Waals surface area contributed by atoms with Crippen LogP contribution in [-0.2, 0) is 0 Å². The number of oxazole rings is 1. The monoisotopic (exact) mass is 343 g/mol. The summed E-state index contributed by atoms with van der Waals surface area (Å²) in [6.45, 7) is 4.44. The van der Waals surface area contributed by atoms with Crippen LogP contribution in [0.2, 0.25) is 0 Å². The topological polar surface area (TPSA) is 58.4 Å². The Hall–Kier alpha value is -1.79. The zero-order valence-electron chi connectivity index (χ0n) is 13.6. The fourth-order valence-electron chi connectivity index (χ4n) is 3.76. The van der Waals surface area contributed by atoms with E-state index in [-0.39, 0.29) is 11.9 Å². The number of hydrogen-bond acceptors (Lipinski definition) is 5. The van der Waals surface area contributed by atoms with Crippen LogP contribution >= 0.6 is 11.8 Å². The van der Waals surface area contributed by atoms with Crippen molar-refractivity contribution >= 4 is 17.7 Å². The summed E-state index contributed by atoms with van der Waals surface area (Å²) in [5.41, 5.74) is 0.710. The minimum atomic E-state index is 0.0256. The molecule has 5 rings (SSSR count). The highest BCUT2D eigenvalue weighted by Gasteiger charge is 2.38. The first-order valence-corrected chi connectivity index (χ1v) is 9.22. The molecule has 24 heavy (non-hydrogen) atoms. The molecule has 1 N–H and O–H groups in total. The number of carbonyl (C=O) groups is 1. The second kappa shape index (κ2) is 6.61. The van der Waals surface area contributed by atoms with Gasteiger partial charge in [-0.25, -0.2) is 4.98 Å². The Bertz CT molecular complexity index is 702. The van der Waals surface area contributed by atoms with Crippen LogP contribution in [0.1, 0.15) is 30.1 Å². The lowest BCUT2D eigenvalue weighted by molar-refractivity contribution is 0.0274. The molecule has 3 fully saturated rings. The van der Waals surface area contributed by atoms with E-state index < -0.39 is 0 Å². The molecule has 2 bridgehead atoms. The minimum Gasteiger partial charge on any atom is -0.437 e. The molecule has 0 aliphatic carbocycles. The molecule has 0 radical (unpaired) electrons. The molecule has 3 aliphatic heterocycles. The Labute approximate surface area is 145 Å². The van der Waals surface area contributed by atoms with Gasteiger partial charge in [0.15, 0.2) is 11.5 Å². The highest BCUT2D eigenvalue weighted by atomic mass is 32.2.